The molecule has 0 fully saturated rings. The molecule has 0 rings (SSSR count). The van der Waals surface area contributed by atoms with Crippen molar-refractivity contribution in [3.63, 3.8) is 0 Å². The first-order valence-electron chi connectivity index (χ1n) is 12.2. The zero-order valence-corrected chi connectivity index (χ0v) is 19.3. The monoisotopic (exact) mass is 409 g/mol. The topological polar surface area (TPSA) is 57.6 Å². The molecule has 0 spiro atoms. The molecule has 4 nitrogen and oxygen atoms in total. The van der Waals surface area contributed by atoms with Crippen LogP contribution in [0.2, 0.25) is 0 Å². The maximum atomic E-state index is 11.7. The molecule has 0 saturated heterocycles. The Labute approximate surface area is 180 Å². The minimum Gasteiger partial charge on any atom is -0.480 e. The lowest BCUT2D eigenvalue weighted by Gasteiger charge is -2.14. The molecule has 0 aromatic heterocycles. The number of hydrogen-bond acceptors (Lipinski definition) is 2. The van der Waals surface area contributed by atoms with E-state index in [4.69, 9.17) is 5.11 Å². The zero-order valence-electron chi connectivity index (χ0n) is 19.3. The summed E-state index contributed by atoms with van der Waals surface area (Å²) in [7, 11) is 1.56. The smallest absolute Gasteiger partial charge is 0.323 e. The second kappa shape index (κ2) is 21.4. The first-order chi connectivity index (χ1) is 14.1. The number of carbonyl (C=O) groups excluding carboxylic acids is 1. The van der Waals surface area contributed by atoms with Gasteiger partial charge >= 0.3 is 5.97 Å². The Bertz CT molecular complexity index is 420. The molecule has 29 heavy (non-hydrogen) atoms. The van der Waals surface area contributed by atoms with Crippen LogP contribution in [0, 0.1) is 0 Å². The molecule has 0 aromatic carbocycles. The fourth-order valence-corrected chi connectivity index (χ4v) is 3.54. The predicted octanol–water partition coefficient (Wildman–Crippen LogP) is 7.13. The van der Waals surface area contributed by atoms with Crippen LogP contribution in [0.5, 0.6) is 0 Å². The van der Waals surface area contributed by atoms with E-state index in [1.54, 1.807) is 7.05 Å². The second-order valence-corrected chi connectivity index (χ2v) is 8.39. The molecular formula is C25H47NO3. The summed E-state index contributed by atoms with van der Waals surface area (Å²) in [5, 5.41) is 8.67. The van der Waals surface area contributed by atoms with Crippen molar-refractivity contribution in [1.82, 2.24) is 4.90 Å². The van der Waals surface area contributed by atoms with E-state index in [9.17, 15) is 9.59 Å². The van der Waals surface area contributed by atoms with E-state index >= 15 is 0 Å². The maximum absolute atomic E-state index is 11.7. The molecule has 0 heterocycles. The molecule has 1 N–H and O–H groups in total. The Kier molecular flexibility index (Phi) is 20.4. The van der Waals surface area contributed by atoms with Crippen LogP contribution in [0.3, 0.4) is 0 Å². The lowest BCUT2D eigenvalue weighted by atomic mass is 10.1. The van der Waals surface area contributed by atoms with E-state index in [0.717, 1.165) is 12.8 Å². The van der Waals surface area contributed by atoms with Crippen molar-refractivity contribution < 1.29 is 14.7 Å². The molecule has 0 radical (unpaired) electrons. The van der Waals surface area contributed by atoms with Gasteiger partial charge in [-0.25, -0.2) is 0 Å². The number of amides is 1. The third-order valence-corrected chi connectivity index (χ3v) is 5.45. The van der Waals surface area contributed by atoms with Crippen molar-refractivity contribution in [3.05, 3.63) is 12.2 Å². The molecule has 0 aliphatic carbocycles. The number of unbranched alkanes of at least 4 members (excludes halogenated alkanes) is 15. The first kappa shape index (κ1) is 27.7. The number of hydrogen-bond donors (Lipinski definition) is 1. The van der Waals surface area contributed by atoms with E-state index in [1.165, 1.54) is 101 Å². The van der Waals surface area contributed by atoms with Crippen molar-refractivity contribution in [1.29, 1.82) is 0 Å². The number of likely N-dealkylation sites (N-methyl/N-ethyl adjacent to an activating group) is 1. The van der Waals surface area contributed by atoms with Gasteiger partial charge in [0, 0.05) is 13.5 Å². The zero-order chi connectivity index (χ0) is 21.6. The molecule has 170 valence electrons. The standard InChI is InChI=1S/C25H47NO3/c1-3-4-5-6-7-8-9-10-11-12-13-14-15-16-17-18-19-20-21-22-24(27)26(2)23-25(28)29/h10-11H,3-9,12-23H2,1-2H3,(H,28,29). The maximum Gasteiger partial charge on any atom is 0.323 e. The molecule has 4 heteroatoms. The van der Waals surface area contributed by atoms with Gasteiger partial charge in [0.25, 0.3) is 0 Å². The molecule has 0 aliphatic heterocycles. The van der Waals surface area contributed by atoms with Crippen LogP contribution in [-0.4, -0.2) is 35.5 Å². The van der Waals surface area contributed by atoms with E-state index in [-0.39, 0.29) is 12.5 Å². The Morgan fingerprint density at radius 1 is 0.690 bits per heavy atom. The van der Waals surface area contributed by atoms with Crippen LogP contribution in [-0.2, 0) is 9.59 Å². The minimum absolute atomic E-state index is 0.0616. The third-order valence-electron chi connectivity index (χ3n) is 5.45. The Morgan fingerprint density at radius 2 is 1.10 bits per heavy atom. The van der Waals surface area contributed by atoms with Gasteiger partial charge in [0.2, 0.25) is 5.91 Å². The van der Waals surface area contributed by atoms with Gasteiger partial charge in [-0.3, -0.25) is 9.59 Å². The predicted molar refractivity (Wildman–Crippen MR) is 123 cm³/mol. The first-order valence-corrected chi connectivity index (χ1v) is 12.2. The SMILES string of the molecule is CCCCCCCCC=CCCCCCCCCCCCC(=O)N(C)CC(=O)O. The molecule has 0 unspecified atom stereocenters. The van der Waals surface area contributed by atoms with Crippen LogP contribution in [0.1, 0.15) is 122 Å². The molecule has 0 aromatic rings. The highest BCUT2D eigenvalue weighted by molar-refractivity contribution is 5.80. The number of rotatable bonds is 21. The van der Waals surface area contributed by atoms with Gasteiger partial charge in [-0.1, -0.05) is 96.1 Å². The lowest BCUT2D eigenvalue weighted by molar-refractivity contribution is -0.143. The molecule has 0 bridgehead atoms. The van der Waals surface area contributed by atoms with E-state index < -0.39 is 5.97 Å². The summed E-state index contributed by atoms with van der Waals surface area (Å²) in [6.07, 6.45) is 27.0. The Balaban J connectivity index is 3.25. The second-order valence-electron chi connectivity index (χ2n) is 8.39. The van der Waals surface area contributed by atoms with Crippen molar-refractivity contribution in [2.75, 3.05) is 13.6 Å². The van der Waals surface area contributed by atoms with Gasteiger partial charge in [-0.05, 0) is 32.1 Å². The summed E-state index contributed by atoms with van der Waals surface area (Å²) in [5.41, 5.74) is 0. The van der Waals surface area contributed by atoms with Gasteiger partial charge < -0.3 is 10.0 Å². The highest BCUT2D eigenvalue weighted by atomic mass is 16.4. The van der Waals surface area contributed by atoms with Gasteiger partial charge in [0.1, 0.15) is 6.54 Å². The quantitative estimate of drug-likeness (QED) is 0.162. The minimum atomic E-state index is -0.954. The summed E-state index contributed by atoms with van der Waals surface area (Å²) in [6, 6.07) is 0. The van der Waals surface area contributed by atoms with E-state index in [0.29, 0.717) is 6.42 Å². The number of carboxylic acid groups (broad SMARTS) is 1. The van der Waals surface area contributed by atoms with Crippen molar-refractivity contribution in [2.45, 2.75) is 122 Å². The molecule has 0 atom stereocenters. The highest BCUT2D eigenvalue weighted by Gasteiger charge is 2.10. The largest absolute Gasteiger partial charge is 0.480 e. The van der Waals surface area contributed by atoms with Crippen molar-refractivity contribution in [2.24, 2.45) is 0 Å². The van der Waals surface area contributed by atoms with E-state index in [1.807, 2.05) is 0 Å². The number of carbonyl (C=O) groups is 2. The van der Waals surface area contributed by atoms with Gasteiger partial charge in [0.05, 0.1) is 0 Å². The highest BCUT2D eigenvalue weighted by Crippen LogP contribution is 2.12. The van der Waals surface area contributed by atoms with Crippen molar-refractivity contribution >= 4 is 11.9 Å². The summed E-state index contributed by atoms with van der Waals surface area (Å²) in [6.45, 7) is 2.07. The van der Waals surface area contributed by atoms with Gasteiger partial charge in [0.15, 0.2) is 0 Å². The molecule has 0 aliphatic rings. The van der Waals surface area contributed by atoms with Crippen LogP contribution in [0.25, 0.3) is 0 Å². The summed E-state index contributed by atoms with van der Waals surface area (Å²) in [5.74, 6) is -1.02. The van der Waals surface area contributed by atoms with Crippen LogP contribution >= 0.6 is 0 Å². The molecule has 1 amide bonds. The van der Waals surface area contributed by atoms with E-state index in [2.05, 4.69) is 19.1 Å². The normalized spacial score (nSPS) is 11.2. The number of allylic oxidation sites excluding steroid dienone is 2. The average molecular weight is 410 g/mol. The lowest BCUT2D eigenvalue weighted by Crippen LogP contribution is -2.31. The van der Waals surface area contributed by atoms with Crippen LogP contribution in [0.15, 0.2) is 12.2 Å². The summed E-state index contributed by atoms with van der Waals surface area (Å²) in [4.78, 5) is 23.6. The van der Waals surface area contributed by atoms with Gasteiger partial charge in [-0.2, -0.15) is 0 Å². The fourth-order valence-electron chi connectivity index (χ4n) is 3.54. The van der Waals surface area contributed by atoms with Gasteiger partial charge in [-0.15, -0.1) is 0 Å². The summed E-state index contributed by atoms with van der Waals surface area (Å²) >= 11 is 0. The average Bonchev–Trinajstić information content (AvgIpc) is 2.69. The number of aliphatic carboxylic acids is 1. The number of nitrogens with zero attached hydrogens (tertiary/aromatic N) is 1. The number of carboxylic acids is 1. The fraction of sp³-hybridized carbons (Fsp3) is 0.840. The van der Waals surface area contributed by atoms with Crippen molar-refractivity contribution in [3.8, 4) is 0 Å². The molecular weight excluding hydrogens is 362 g/mol. The Hall–Kier alpha value is -1.32. The third kappa shape index (κ3) is 21.2. The Morgan fingerprint density at radius 3 is 1.55 bits per heavy atom. The molecule has 0 saturated carbocycles. The van der Waals surface area contributed by atoms with Crippen LogP contribution in [0.4, 0.5) is 0 Å². The summed E-state index contributed by atoms with van der Waals surface area (Å²) < 4.78 is 0. The van der Waals surface area contributed by atoms with Crippen LogP contribution < -0.4 is 0 Å².